The second kappa shape index (κ2) is 7.43. The highest BCUT2D eigenvalue weighted by atomic mass is 35.5. The summed E-state index contributed by atoms with van der Waals surface area (Å²) in [6.45, 7) is 0. The average molecular weight is 328 g/mol. The van der Waals surface area contributed by atoms with E-state index < -0.39 is 0 Å². The summed E-state index contributed by atoms with van der Waals surface area (Å²) in [6, 6.07) is 9.96. The van der Waals surface area contributed by atoms with Gasteiger partial charge in [0.1, 0.15) is 11.6 Å². The van der Waals surface area contributed by atoms with E-state index in [0.717, 1.165) is 0 Å². The second-order valence-electron chi connectivity index (χ2n) is 4.28. The number of hydrogen-bond donors (Lipinski definition) is 1. The molecule has 2 nitrogen and oxygen atoms in total. The number of anilines is 1. The van der Waals surface area contributed by atoms with Gasteiger partial charge >= 0.3 is 0 Å². The molecular formula is C15H12ClF2NOS. The molecule has 2 aromatic rings. The molecule has 0 atom stereocenters. The fraction of sp³-hybridized carbons (Fsp3) is 0.133. The maximum Gasteiger partial charge on any atom is 0.234 e. The van der Waals surface area contributed by atoms with Crippen LogP contribution >= 0.6 is 23.4 Å². The Morgan fingerprint density at radius 3 is 2.52 bits per heavy atom. The van der Waals surface area contributed by atoms with Crippen molar-refractivity contribution in [3.05, 3.63) is 64.7 Å². The molecule has 0 saturated carbocycles. The highest BCUT2D eigenvalue weighted by molar-refractivity contribution is 7.99. The zero-order chi connectivity index (χ0) is 15.2. The monoisotopic (exact) mass is 327 g/mol. The van der Waals surface area contributed by atoms with Crippen molar-refractivity contribution in [1.82, 2.24) is 0 Å². The molecule has 2 aromatic carbocycles. The van der Waals surface area contributed by atoms with Gasteiger partial charge in [0, 0.05) is 16.5 Å². The smallest absolute Gasteiger partial charge is 0.234 e. The molecule has 2 rings (SSSR count). The van der Waals surface area contributed by atoms with Crippen molar-refractivity contribution >= 4 is 35.0 Å². The van der Waals surface area contributed by atoms with E-state index in [1.807, 2.05) is 0 Å². The average Bonchev–Trinajstić information content (AvgIpc) is 2.44. The molecule has 0 radical (unpaired) electrons. The Kier molecular flexibility index (Phi) is 5.59. The Morgan fingerprint density at radius 2 is 1.86 bits per heavy atom. The molecule has 0 bridgehead atoms. The van der Waals surface area contributed by atoms with Crippen molar-refractivity contribution in [1.29, 1.82) is 0 Å². The summed E-state index contributed by atoms with van der Waals surface area (Å²) in [5.41, 5.74) is 1.03. The normalized spacial score (nSPS) is 10.4. The van der Waals surface area contributed by atoms with Gasteiger partial charge in [-0.1, -0.05) is 17.7 Å². The highest BCUT2D eigenvalue weighted by Crippen LogP contribution is 2.19. The Balaban J connectivity index is 1.80. The first-order chi connectivity index (χ1) is 10.0. The summed E-state index contributed by atoms with van der Waals surface area (Å²) in [5.74, 6) is -0.408. The van der Waals surface area contributed by atoms with Crippen molar-refractivity contribution in [2.24, 2.45) is 0 Å². The summed E-state index contributed by atoms with van der Waals surface area (Å²) in [5, 5.41) is 2.98. The van der Waals surface area contributed by atoms with Crippen molar-refractivity contribution in [2.75, 3.05) is 11.1 Å². The van der Waals surface area contributed by atoms with Crippen LogP contribution in [-0.2, 0) is 10.5 Å². The maximum absolute atomic E-state index is 13.5. The van der Waals surface area contributed by atoms with Gasteiger partial charge in [-0.05, 0) is 42.0 Å². The fourth-order valence-corrected chi connectivity index (χ4v) is 2.60. The lowest BCUT2D eigenvalue weighted by molar-refractivity contribution is -0.113. The number of amides is 1. The van der Waals surface area contributed by atoms with Crippen LogP contribution in [0.1, 0.15) is 5.56 Å². The van der Waals surface area contributed by atoms with Gasteiger partial charge in [-0.15, -0.1) is 11.8 Å². The standard InChI is InChI=1S/C15H12ClF2NOS/c16-11-2-1-10(14(18)7-11)8-21-9-15(20)19-13-5-3-12(17)4-6-13/h1-7H,8-9H2,(H,19,20). The van der Waals surface area contributed by atoms with E-state index in [1.54, 1.807) is 12.1 Å². The van der Waals surface area contributed by atoms with Crippen molar-refractivity contribution < 1.29 is 13.6 Å². The van der Waals surface area contributed by atoms with E-state index >= 15 is 0 Å². The van der Waals surface area contributed by atoms with Crippen LogP contribution in [-0.4, -0.2) is 11.7 Å². The summed E-state index contributed by atoms with van der Waals surface area (Å²) < 4.78 is 26.2. The highest BCUT2D eigenvalue weighted by Gasteiger charge is 2.06. The number of rotatable bonds is 5. The van der Waals surface area contributed by atoms with Crippen LogP contribution < -0.4 is 5.32 Å². The molecule has 6 heteroatoms. The zero-order valence-corrected chi connectivity index (χ0v) is 12.5. The molecule has 0 aliphatic carbocycles. The van der Waals surface area contributed by atoms with Crippen molar-refractivity contribution in [3.8, 4) is 0 Å². The summed E-state index contributed by atoms with van der Waals surface area (Å²) in [7, 11) is 0. The fourth-order valence-electron chi connectivity index (χ4n) is 1.62. The number of carbonyl (C=O) groups excluding carboxylic acids is 1. The third kappa shape index (κ3) is 5.02. The minimum atomic E-state index is -0.381. The zero-order valence-electron chi connectivity index (χ0n) is 10.9. The van der Waals surface area contributed by atoms with Gasteiger partial charge in [0.25, 0.3) is 0 Å². The molecular weight excluding hydrogens is 316 g/mol. The number of benzene rings is 2. The van der Waals surface area contributed by atoms with Gasteiger partial charge in [-0.25, -0.2) is 8.78 Å². The topological polar surface area (TPSA) is 29.1 Å². The van der Waals surface area contributed by atoms with Crippen LogP contribution in [0, 0.1) is 11.6 Å². The molecule has 0 heterocycles. The summed E-state index contributed by atoms with van der Waals surface area (Å²) >= 11 is 6.95. The lowest BCUT2D eigenvalue weighted by atomic mass is 10.2. The van der Waals surface area contributed by atoms with Crippen molar-refractivity contribution in [3.63, 3.8) is 0 Å². The summed E-state index contributed by atoms with van der Waals surface area (Å²) in [4.78, 5) is 11.7. The molecule has 0 unspecified atom stereocenters. The van der Waals surface area contributed by atoms with Gasteiger partial charge in [0.15, 0.2) is 0 Å². The molecule has 0 aromatic heterocycles. The second-order valence-corrected chi connectivity index (χ2v) is 5.71. The third-order valence-corrected chi connectivity index (χ3v) is 3.85. The molecule has 0 fully saturated rings. The molecule has 1 amide bonds. The van der Waals surface area contributed by atoms with E-state index in [4.69, 9.17) is 11.6 Å². The Bertz CT molecular complexity index is 634. The molecule has 0 saturated heterocycles. The number of hydrogen-bond acceptors (Lipinski definition) is 2. The molecule has 0 aliphatic heterocycles. The predicted molar refractivity (Wildman–Crippen MR) is 82.6 cm³/mol. The first-order valence-electron chi connectivity index (χ1n) is 6.11. The first-order valence-corrected chi connectivity index (χ1v) is 7.65. The SMILES string of the molecule is O=C(CSCc1ccc(Cl)cc1F)Nc1ccc(F)cc1. The third-order valence-electron chi connectivity index (χ3n) is 2.63. The first kappa shape index (κ1) is 15.8. The Labute approximate surface area is 130 Å². The number of halogens is 3. The minimum Gasteiger partial charge on any atom is -0.325 e. The van der Waals surface area contributed by atoms with Crippen LogP contribution in [0.2, 0.25) is 5.02 Å². The van der Waals surface area contributed by atoms with E-state index in [2.05, 4.69) is 5.32 Å². The van der Waals surface area contributed by atoms with E-state index in [-0.39, 0.29) is 23.3 Å². The Morgan fingerprint density at radius 1 is 1.14 bits per heavy atom. The molecule has 1 N–H and O–H groups in total. The van der Waals surface area contributed by atoms with Crippen LogP contribution in [0.25, 0.3) is 0 Å². The molecule has 0 aliphatic rings. The summed E-state index contributed by atoms with van der Waals surface area (Å²) in [6.07, 6.45) is 0. The Hall–Kier alpha value is -1.59. The van der Waals surface area contributed by atoms with Crippen molar-refractivity contribution in [2.45, 2.75) is 5.75 Å². The lowest BCUT2D eigenvalue weighted by Gasteiger charge is -2.06. The van der Waals surface area contributed by atoms with Crippen LogP contribution in [0.3, 0.4) is 0 Å². The number of nitrogens with one attached hydrogen (secondary N) is 1. The van der Waals surface area contributed by atoms with E-state index in [0.29, 0.717) is 22.0 Å². The number of carbonyl (C=O) groups is 1. The molecule has 21 heavy (non-hydrogen) atoms. The van der Waals surface area contributed by atoms with Gasteiger partial charge < -0.3 is 5.32 Å². The minimum absolute atomic E-state index is 0.180. The van der Waals surface area contributed by atoms with Gasteiger partial charge in [-0.2, -0.15) is 0 Å². The van der Waals surface area contributed by atoms with Gasteiger partial charge in [-0.3, -0.25) is 4.79 Å². The predicted octanol–water partition coefficient (Wildman–Crippen LogP) is 4.49. The van der Waals surface area contributed by atoms with E-state index in [1.165, 1.54) is 42.1 Å². The quantitative estimate of drug-likeness (QED) is 0.876. The molecule has 110 valence electrons. The van der Waals surface area contributed by atoms with Gasteiger partial charge in [0.05, 0.1) is 5.75 Å². The largest absolute Gasteiger partial charge is 0.325 e. The van der Waals surface area contributed by atoms with E-state index in [9.17, 15) is 13.6 Å². The lowest BCUT2D eigenvalue weighted by Crippen LogP contribution is -2.14. The number of thioether (sulfide) groups is 1. The maximum atomic E-state index is 13.5. The van der Waals surface area contributed by atoms with Crippen LogP contribution in [0.4, 0.5) is 14.5 Å². The molecule has 0 spiro atoms. The van der Waals surface area contributed by atoms with Gasteiger partial charge in [0.2, 0.25) is 5.91 Å². The van der Waals surface area contributed by atoms with Crippen LogP contribution in [0.15, 0.2) is 42.5 Å². The van der Waals surface area contributed by atoms with Crippen LogP contribution in [0.5, 0.6) is 0 Å².